The zero-order chi connectivity index (χ0) is 17.0. The molecule has 0 N–H and O–H groups in total. The first kappa shape index (κ1) is 17.7. The van der Waals surface area contributed by atoms with Gasteiger partial charge in [0, 0.05) is 24.5 Å². The molecule has 1 aliphatic heterocycles. The summed E-state index contributed by atoms with van der Waals surface area (Å²) in [5.74, 6) is 0. The summed E-state index contributed by atoms with van der Waals surface area (Å²) in [4.78, 5) is 18.3. The van der Waals surface area contributed by atoms with Crippen LogP contribution in [0.25, 0.3) is 0 Å². The van der Waals surface area contributed by atoms with E-state index in [1.165, 1.54) is 0 Å². The number of hydrogen-bond donors (Lipinski definition) is 0. The molecule has 128 valence electrons. The predicted octanol–water partition coefficient (Wildman–Crippen LogP) is 3.69. The van der Waals surface area contributed by atoms with Crippen LogP contribution in [0.15, 0.2) is 18.3 Å². The first-order valence-corrected chi connectivity index (χ1v) is 8.27. The van der Waals surface area contributed by atoms with Crippen LogP contribution in [0.2, 0.25) is 0 Å². The van der Waals surface area contributed by atoms with E-state index in [-0.39, 0.29) is 18.2 Å². The number of nitrogens with zero attached hydrogens (tertiary/aromatic N) is 2. The van der Waals surface area contributed by atoms with Gasteiger partial charge in [-0.05, 0) is 59.1 Å². The standard InChI is InChI=1S/C18H28N2O3/c1-13-6-7-15(11-19-13)12-22-16-8-9-20(14(2)10-16)17(21)23-18(3,4)5/h6-7,11,14,16H,8-10,12H2,1-5H3/t14-,16-/m0/s1. The molecule has 0 aromatic carbocycles. The number of carbonyl (C=O) groups excluding carboxylic acids is 1. The molecule has 1 aromatic heterocycles. The highest BCUT2D eigenvalue weighted by atomic mass is 16.6. The van der Waals surface area contributed by atoms with Crippen LogP contribution in [0, 0.1) is 6.92 Å². The maximum atomic E-state index is 12.2. The van der Waals surface area contributed by atoms with Gasteiger partial charge in [-0.25, -0.2) is 4.79 Å². The van der Waals surface area contributed by atoms with E-state index >= 15 is 0 Å². The van der Waals surface area contributed by atoms with Crippen molar-refractivity contribution in [3.63, 3.8) is 0 Å². The van der Waals surface area contributed by atoms with Gasteiger partial charge in [-0.3, -0.25) is 4.98 Å². The second kappa shape index (κ2) is 7.30. The highest BCUT2D eigenvalue weighted by molar-refractivity contribution is 5.68. The summed E-state index contributed by atoms with van der Waals surface area (Å²) >= 11 is 0. The number of pyridine rings is 1. The van der Waals surface area contributed by atoms with Gasteiger partial charge in [-0.2, -0.15) is 0 Å². The van der Waals surface area contributed by atoms with Crippen LogP contribution in [-0.4, -0.2) is 40.3 Å². The first-order chi connectivity index (χ1) is 10.7. The molecule has 0 bridgehead atoms. The lowest BCUT2D eigenvalue weighted by atomic mass is 10.0. The largest absolute Gasteiger partial charge is 0.444 e. The number of aryl methyl sites for hydroxylation is 1. The fourth-order valence-electron chi connectivity index (χ4n) is 2.67. The van der Waals surface area contributed by atoms with Crippen LogP contribution >= 0.6 is 0 Å². The van der Waals surface area contributed by atoms with Crippen molar-refractivity contribution in [1.29, 1.82) is 0 Å². The third kappa shape index (κ3) is 5.50. The normalized spacial score (nSPS) is 22.0. The molecular formula is C18H28N2O3. The minimum absolute atomic E-state index is 0.125. The molecule has 2 heterocycles. The van der Waals surface area contributed by atoms with Crippen LogP contribution in [0.5, 0.6) is 0 Å². The summed E-state index contributed by atoms with van der Waals surface area (Å²) in [7, 11) is 0. The maximum absolute atomic E-state index is 12.2. The minimum atomic E-state index is -0.456. The Labute approximate surface area is 139 Å². The smallest absolute Gasteiger partial charge is 0.410 e. The lowest BCUT2D eigenvalue weighted by Gasteiger charge is -2.38. The van der Waals surface area contributed by atoms with Crippen LogP contribution in [-0.2, 0) is 16.1 Å². The lowest BCUT2D eigenvalue weighted by molar-refractivity contribution is -0.0330. The molecule has 23 heavy (non-hydrogen) atoms. The number of carbonyl (C=O) groups is 1. The van der Waals surface area contributed by atoms with Gasteiger partial charge in [0.05, 0.1) is 12.7 Å². The van der Waals surface area contributed by atoms with E-state index in [9.17, 15) is 4.79 Å². The van der Waals surface area contributed by atoms with Crippen LogP contribution in [0.4, 0.5) is 4.79 Å². The van der Waals surface area contributed by atoms with Crippen molar-refractivity contribution in [2.75, 3.05) is 6.54 Å². The van der Waals surface area contributed by atoms with Crippen molar-refractivity contribution >= 4 is 6.09 Å². The molecule has 0 unspecified atom stereocenters. The van der Waals surface area contributed by atoms with E-state index in [2.05, 4.69) is 4.98 Å². The highest BCUT2D eigenvalue weighted by Gasteiger charge is 2.32. The highest BCUT2D eigenvalue weighted by Crippen LogP contribution is 2.23. The van der Waals surface area contributed by atoms with E-state index in [0.29, 0.717) is 13.2 Å². The third-order valence-electron chi connectivity index (χ3n) is 3.91. The van der Waals surface area contributed by atoms with Gasteiger partial charge >= 0.3 is 6.09 Å². The molecule has 1 aliphatic rings. The SMILES string of the molecule is Cc1ccc(CO[C@H]2CCN(C(=O)OC(C)(C)C)[C@@H](C)C2)cn1. The second-order valence-electron chi connectivity index (χ2n) is 7.29. The number of hydrogen-bond acceptors (Lipinski definition) is 4. The Morgan fingerprint density at radius 2 is 2.13 bits per heavy atom. The summed E-state index contributed by atoms with van der Waals surface area (Å²) in [6.45, 7) is 10.9. The predicted molar refractivity (Wildman–Crippen MR) is 89.2 cm³/mol. The number of aromatic nitrogens is 1. The van der Waals surface area contributed by atoms with Crippen molar-refractivity contribution in [3.05, 3.63) is 29.6 Å². The monoisotopic (exact) mass is 320 g/mol. The Hall–Kier alpha value is -1.62. The van der Waals surface area contributed by atoms with E-state index in [4.69, 9.17) is 9.47 Å². The molecule has 5 nitrogen and oxygen atoms in total. The summed E-state index contributed by atoms with van der Waals surface area (Å²) in [5, 5.41) is 0. The third-order valence-corrected chi connectivity index (χ3v) is 3.91. The van der Waals surface area contributed by atoms with Crippen LogP contribution in [0.1, 0.15) is 51.8 Å². The van der Waals surface area contributed by atoms with Crippen molar-refractivity contribution in [3.8, 4) is 0 Å². The van der Waals surface area contributed by atoms with Crippen LogP contribution in [0.3, 0.4) is 0 Å². The maximum Gasteiger partial charge on any atom is 0.410 e. The fraction of sp³-hybridized carbons (Fsp3) is 0.667. The Morgan fingerprint density at radius 1 is 1.39 bits per heavy atom. The molecule has 1 fully saturated rings. The summed E-state index contributed by atoms with van der Waals surface area (Å²) in [6, 6.07) is 4.16. The molecule has 1 aromatic rings. The number of rotatable bonds is 3. The van der Waals surface area contributed by atoms with Crippen molar-refractivity contribution in [2.45, 2.75) is 71.8 Å². The van der Waals surface area contributed by atoms with Crippen molar-refractivity contribution in [2.24, 2.45) is 0 Å². The molecule has 2 rings (SSSR count). The Balaban J connectivity index is 1.81. The molecule has 0 radical (unpaired) electrons. The Kier molecular flexibility index (Phi) is 5.63. The quantitative estimate of drug-likeness (QED) is 0.852. The summed E-state index contributed by atoms with van der Waals surface area (Å²) in [5.41, 5.74) is 1.63. The van der Waals surface area contributed by atoms with Gasteiger partial charge < -0.3 is 14.4 Å². The van der Waals surface area contributed by atoms with Crippen molar-refractivity contribution < 1.29 is 14.3 Å². The van der Waals surface area contributed by atoms with E-state index in [0.717, 1.165) is 24.1 Å². The lowest BCUT2D eigenvalue weighted by Crippen LogP contribution is -2.48. The average molecular weight is 320 g/mol. The number of likely N-dealkylation sites (tertiary alicyclic amines) is 1. The number of amides is 1. The molecule has 1 amide bonds. The Morgan fingerprint density at radius 3 is 2.70 bits per heavy atom. The topological polar surface area (TPSA) is 51.7 Å². The molecule has 0 aliphatic carbocycles. The molecule has 2 atom stereocenters. The minimum Gasteiger partial charge on any atom is -0.444 e. The van der Waals surface area contributed by atoms with Gasteiger partial charge in [-0.15, -0.1) is 0 Å². The van der Waals surface area contributed by atoms with Gasteiger partial charge in [0.1, 0.15) is 5.60 Å². The number of ether oxygens (including phenoxy) is 2. The van der Waals surface area contributed by atoms with Gasteiger partial charge in [-0.1, -0.05) is 6.07 Å². The molecule has 5 heteroatoms. The first-order valence-electron chi connectivity index (χ1n) is 8.27. The van der Waals surface area contributed by atoms with E-state index in [1.807, 2.05) is 52.9 Å². The van der Waals surface area contributed by atoms with Gasteiger partial charge in [0.25, 0.3) is 0 Å². The average Bonchev–Trinajstić information content (AvgIpc) is 2.45. The van der Waals surface area contributed by atoms with Crippen molar-refractivity contribution in [1.82, 2.24) is 9.88 Å². The zero-order valence-corrected chi connectivity index (χ0v) is 14.8. The van der Waals surface area contributed by atoms with E-state index in [1.54, 1.807) is 4.90 Å². The summed E-state index contributed by atoms with van der Waals surface area (Å²) < 4.78 is 11.5. The Bertz CT molecular complexity index is 522. The fourth-order valence-corrected chi connectivity index (χ4v) is 2.67. The molecule has 0 saturated carbocycles. The van der Waals surface area contributed by atoms with Gasteiger partial charge in [0.15, 0.2) is 0 Å². The number of piperidine rings is 1. The molecule has 1 saturated heterocycles. The molecule has 0 spiro atoms. The second-order valence-corrected chi connectivity index (χ2v) is 7.29. The zero-order valence-electron chi connectivity index (χ0n) is 14.8. The van der Waals surface area contributed by atoms with Crippen LogP contribution < -0.4 is 0 Å². The summed E-state index contributed by atoms with van der Waals surface area (Å²) in [6.07, 6.45) is 3.46. The van der Waals surface area contributed by atoms with Gasteiger partial charge in [0.2, 0.25) is 0 Å². The molecular weight excluding hydrogens is 292 g/mol. The van der Waals surface area contributed by atoms with E-state index < -0.39 is 5.60 Å².